The monoisotopic (exact) mass is 301 g/mol. The summed E-state index contributed by atoms with van der Waals surface area (Å²) in [7, 11) is 0. The molecule has 7 heteroatoms. The first kappa shape index (κ1) is 14.5. The first-order valence-corrected chi connectivity index (χ1v) is 7.43. The Bertz CT molecular complexity index is 628. The van der Waals surface area contributed by atoms with Crippen LogP contribution in [0.2, 0.25) is 0 Å². The number of amides is 1. The number of aryl methyl sites for hydroxylation is 1. The van der Waals surface area contributed by atoms with E-state index in [1.54, 1.807) is 24.7 Å². The van der Waals surface area contributed by atoms with Crippen LogP contribution in [0.4, 0.5) is 5.82 Å². The lowest BCUT2D eigenvalue weighted by atomic mass is 10.1. The third-order valence-corrected chi connectivity index (χ3v) is 3.67. The van der Waals surface area contributed by atoms with E-state index in [1.807, 2.05) is 6.92 Å². The highest BCUT2D eigenvalue weighted by Gasteiger charge is 2.22. The van der Waals surface area contributed by atoms with E-state index in [2.05, 4.69) is 25.3 Å². The van der Waals surface area contributed by atoms with Gasteiger partial charge in [0.1, 0.15) is 11.6 Å². The second-order valence-electron chi connectivity index (χ2n) is 5.53. The lowest BCUT2D eigenvalue weighted by molar-refractivity contribution is -0.121. The molecular formula is C15H19N5O2. The minimum atomic E-state index is -0.0397. The Labute approximate surface area is 128 Å². The predicted molar refractivity (Wildman–Crippen MR) is 80.4 cm³/mol. The molecule has 0 spiro atoms. The fraction of sp³-hybridized carbons (Fsp3) is 0.467. The van der Waals surface area contributed by atoms with Crippen LogP contribution in [0.1, 0.15) is 24.3 Å². The van der Waals surface area contributed by atoms with E-state index >= 15 is 0 Å². The molecule has 0 aromatic carbocycles. The molecule has 1 saturated heterocycles. The lowest BCUT2D eigenvalue weighted by Gasteiger charge is -2.33. The smallest absolute Gasteiger partial charge is 0.228 e. The fourth-order valence-electron chi connectivity index (χ4n) is 2.69. The van der Waals surface area contributed by atoms with Gasteiger partial charge in [0.25, 0.3) is 0 Å². The molecule has 1 aliphatic rings. The first-order chi connectivity index (χ1) is 10.7. The number of carbonyl (C=O) groups excluding carboxylic acids is 1. The van der Waals surface area contributed by atoms with Crippen molar-refractivity contribution in [3.05, 3.63) is 36.1 Å². The average molecular weight is 301 g/mol. The maximum atomic E-state index is 12.1. The summed E-state index contributed by atoms with van der Waals surface area (Å²) in [6, 6.07) is 1.90. The number of hydrogen-bond acceptors (Lipinski definition) is 6. The molecule has 2 aromatic rings. The molecule has 3 rings (SSSR count). The van der Waals surface area contributed by atoms with Crippen molar-refractivity contribution in [1.82, 2.24) is 20.4 Å². The maximum Gasteiger partial charge on any atom is 0.228 e. The Balaban J connectivity index is 1.55. The van der Waals surface area contributed by atoms with Crippen LogP contribution in [-0.2, 0) is 11.2 Å². The summed E-state index contributed by atoms with van der Waals surface area (Å²) in [6.45, 7) is 3.52. The van der Waals surface area contributed by atoms with Gasteiger partial charge in [0.05, 0.1) is 18.3 Å². The summed E-state index contributed by atoms with van der Waals surface area (Å²) in [6.07, 6.45) is 7.31. The summed E-state index contributed by atoms with van der Waals surface area (Å²) < 4.78 is 5.08. The molecule has 0 unspecified atom stereocenters. The molecule has 2 aromatic heterocycles. The van der Waals surface area contributed by atoms with E-state index < -0.39 is 0 Å². The van der Waals surface area contributed by atoms with Crippen molar-refractivity contribution in [1.29, 1.82) is 0 Å². The van der Waals surface area contributed by atoms with Crippen molar-refractivity contribution in [2.24, 2.45) is 0 Å². The van der Waals surface area contributed by atoms with Gasteiger partial charge in [-0.3, -0.25) is 9.78 Å². The molecule has 3 heterocycles. The molecule has 1 atom stereocenters. The Morgan fingerprint density at radius 1 is 1.50 bits per heavy atom. The number of hydrogen-bond donors (Lipinski definition) is 1. The molecule has 116 valence electrons. The number of aromatic nitrogens is 3. The summed E-state index contributed by atoms with van der Waals surface area (Å²) in [4.78, 5) is 22.6. The summed E-state index contributed by atoms with van der Waals surface area (Å²) >= 11 is 0. The maximum absolute atomic E-state index is 12.1. The molecule has 0 aliphatic carbocycles. The molecule has 1 fully saturated rings. The third kappa shape index (κ3) is 3.60. The number of nitrogens with one attached hydrogen (secondary N) is 1. The van der Waals surface area contributed by atoms with Gasteiger partial charge in [0, 0.05) is 37.6 Å². The number of rotatable bonds is 4. The van der Waals surface area contributed by atoms with Crippen molar-refractivity contribution in [3.63, 3.8) is 0 Å². The van der Waals surface area contributed by atoms with Gasteiger partial charge in [-0.15, -0.1) is 0 Å². The Morgan fingerprint density at radius 2 is 2.41 bits per heavy atom. The second kappa shape index (κ2) is 6.55. The van der Waals surface area contributed by atoms with Gasteiger partial charge in [-0.1, -0.05) is 5.16 Å². The van der Waals surface area contributed by atoms with E-state index in [0.29, 0.717) is 5.76 Å². The van der Waals surface area contributed by atoms with Crippen LogP contribution in [0, 0.1) is 6.92 Å². The standard InChI is InChI=1S/C15H19N5O2/c1-11-7-13(22-19-11)8-15(21)18-12-3-2-6-20(10-12)14-9-16-4-5-17-14/h4-5,7,9,12H,2-3,6,8,10H2,1H3,(H,18,21)/t12-/m1/s1. The highest BCUT2D eigenvalue weighted by atomic mass is 16.5. The van der Waals surface area contributed by atoms with E-state index in [0.717, 1.165) is 37.4 Å². The lowest BCUT2D eigenvalue weighted by Crippen LogP contribution is -2.48. The minimum Gasteiger partial charge on any atom is -0.361 e. The fourth-order valence-corrected chi connectivity index (χ4v) is 2.69. The van der Waals surface area contributed by atoms with E-state index in [9.17, 15) is 4.79 Å². The molecule has 0 bridgehead atoms. The normalized spacial score (nSPS) is 18.2. The number of carbonyl (C=O) groups is 1. The van der Waals surface area contributed by atoms with Crippen LogP contribution >= 0.6 is 0 Å². The molecule has 22 heavy (non-hydrogen) atoms. The van der Waals surface area contributed by atoms with Crippen LogP contribution in [0.3, 0.4) is 0 Å². The highest BCUT2D eigenvalue weighted by molar-refractivity contribution is 5.78. The molecule has 0 radical (unpaired) electrons. The number of anilines is 1. The highest BCUT2D eigenvalue weighted by Crippen LogP contribution is 2.16. The van der Waals surface area contributed by atoms with E-state index in [-0.39, 0.29) is 18.4 Å². The van der Waals surface area contributed by atoms with Crippen LogP contribution in [0.25, 0.3) is 0 Å². The van der Waals surface area contributed by atoms with Crippen molar-refractivity contribution in [2.75, 3.05) is 18.0 Å². The summed E-state index contributed by atoms with van der Waals surface area (Å²) in [5.41, 5.74) is 0.786. The molecule has 1 N–H and O–H groups in total. The van der Waals surface area contributed by atoms with Crippen molar-refractivity contribution >= 4 is 11.7 Å². The van der Waals surface area contributed by atoms with Crippen LogP contribution in [0.5, 0.6) is 0 Å². The zero-order valence-corrected chi connectivity index (χ0v) is 12.5. The number of piperidine rings is 1. The van der Waals surface area contributed by atoms with E-state index in [1.165, 1.54) is 0 Å². The molecule has 1 amide bonds. The molecule has 0 saturated carbocycles. The second-order valence-corrected chi connectivity index (χ2v) is 5.53. The Morgan fingerprint density at radius 3 is 3.14 bits per heavy atom. The van der Waals surface area contributed by atoms with Gasteiger partial charge in [-0.25, -0.2) is 4.98 Å². The molecule has 1 aliphatic heterocycles. The number of nitrogens with zero attached hydrogens (tertiary/aromatic N) is 4. The SMILES string of the molecule is Cc1cc(CC(=O)N[C@@H]2CCCN(c3cnccn3)C2)on1. The largest absolute Gasteiger partial charge is 0.361 e. The van der Waals surface area contributed by atoms with Gasteiger partial charge in [-0.2, -0.15) is 0 Å². The Hall–Kier alpha value is -2.44. The van der Waals surface area contributed by atoms with Gasteiger partial charge >= 0.3 is 0 Å². The summed E-state index contributed by atoms with van der Waals surface area (Å²) in [5.74, 6) is 1.41. The van der Waals surface area contributed by atoms with E-state index in [4.69, 9.17) is 4.52 Å². The van der Waals surface area contributed by atoms with Crippen molar-refractivity contribution < 1.29 is 9.32 Å². The average Bonchev–Trinajstić information content (AvgIpc) is 2.93. The third-order valence-electron chi connectivity index (χ3n) is 3.67. The quantitative estimate of drug-likeness (QED) is 0.910. The minimum absolute atomic E-state index is 0.0397. The van der Waals surface area contributed by atoms with Crippen LogP contribution in [0.15, 0.2) is 29.2 Å². The van der Waals surface area contributed by atoms with Crippen molar-refractivity contribution in [3.8, 4) is 0 Å². The van der Waals surface area contributed by atoms with Gasteiger partial charge < -0.3 is 14.7 Å². The molecule has 7 nitrogen and oxygen atoms in total. The van der Waals surface area contributed by atoms with Crippen LogP contribution < -0.4 is 10.2 Å². The topological polar surface area (TPSA) is 84.2 Å². The zero-order chi connectivity index (χ0) is 15.4. The van der Waals surface area contributed by atoms with Gasteiger partial charge in [0.2, 0.25) is 5.91 Å². The van der Waals surface area contributed by atoms with Crippen molar-refractivity contribution in [2.45, 2.75) is 32.2 Å². The van der Waals surface area contributed by atoms with Gasteiger partial charge in [-0.05, 0) is 19.8 Å². The van der Waals surface area contributed by atoms with Crippen LogP contribution in [-0.4, -0.2) is 40.2 Å². The Kier molecular flexibility index (Phi) is 4.32. The summed E-state index contributed by atoms with van der Waals surface area (Å²) in [5, 5.41) is 6.85. The zero-order valence-electron chi connectivity index (χ0n) is 12.5. The first-order valence-electron chi connectivity index (χ1n) is 7.43. The van der Waals surface area contributed by atoms with Gasteiger partial charge in [0.15, 0.2) is 0 Å². The molecular weight excluding hydrogens is 282 g/mol. The predicted octanol–water partition coefficient (Wildman–Crippen LogP) is 1.10.